The number of anilines is 1. The van der Waals surface area contributed by atoms with Crippen LogP contribution in [0.2, 0.25) is 0 Å². The van der Waals surface area contributed by atoms with Gasteiger partial charge in [0.05, 0.1) is 22.7 Å². The number of sulfonamides is 1. The highest BCUT2D eigenvalue weighted by Gasteiger charge is 2.35. The SMILES string of the molecule is O=C1NC(=O)c2c(NC(=O)C3CCCN(S(=O)(=O)c4cccs4)C3)cccc21. The molecule has 10 heteroatoms. The van der Waals surface area contributed by atoms with Crippen LogP contribution in [0.5, 0.6) is 0 Å². The molecule has 0 saturated carbocycles. The Morgan fingerprint density at radius 2 is 2.00 bits per heavy atom. The van der Waals surface area contributed by atoms with E-state index in [1.807, 2.05) is 0 Å². The van der Waals surface area contributed by atoms with E-state index in [4.69, 9.17) is 0 Å². The molecule has 146 valence electrons. The third kappa shape index (κ3) is 3.23. The lowest BCUT2D eigenvalue weighted by Gasteiger charge is -2.30. The number of hydrogen-bond acceptors (Lipinski definition) is 6. The van der Waals surface area contributed by atoms with Crippen LogP contribution >= 0.6 is 11.3 Å². The predicted molar refractivity (Wildman–Crippen MR) is 103 cm³/mol. The van der Waals surface area contributed by atoms with Gasteiger partial charge in [-0.15, -0.1) is 11.3 Å². The van der Waals surface area contributed by atoms with Gasteiger partial charge in [-0.1, -0.05) is 12.1 Å². The van der Waals surface area contributed by atoms with Gasteiger partial charge in [-0.25, -0.2) is 8.42 Å². The number of hydrogen-bond donors (Lipinski definition) is 2. The summed E-state index contributed by atoms with van der Waals surface area (Å²) in [4.78, 5) is 36.5. The second kappa shape index (κ2) is 7.12. The number of rotatable bonds is 4. The number of thiophene rings is 1. The van der Waals surface area contributed by atoms with Crippen molar-refractivity contribution >= 4 is 44.8 Å². The molecule has 0 bridgehead atoms. The van der Waals surface area contributed by atoms with Crippen molar-refractivity contribution in [3.8, 4) is 0 Å². The van der Waals surface area contributed by atoms with Crippen LogP contribution in [0.15, 0.2) is 39.9 Å². The third-order valence-corrected chi connectivity index (χ3v) is 8.10. The topological polar surface area (TPSA) is 113 Å². The number of nitrogens with zero attached hydrogens (tertiary/aromatic N) is 1. The van der Waals surface area contributed by atoms with Gasteiger partial charge in [0.25, 0.3) is 21.8 Å². The minimum absolute atomic E-state index is 0.0756. The molecule has 2 aliphatic heterocycles. The monoisotopic (exact) mass is 419 g/mol. The fourth-order valence-corrected chi connectivity index (χ4v) is 6.14. The molecule has 1 unspecified atom stereocenters. The zero-order chi connectivity index (χ0) is 19.9. The summed E-state index contributed by atoms with van der Waals surface area (Å²) < 4.78 is 27.0. The Bertz CT molecular complexity index is 1060. The van der Waals surface area contributed by atoms with Crippen LogP contribution in [0.4, 0.5) is 5.69 Å². The van der Waals surface area contributed by atoms with Gasteiger partial charge in [0, 0.05) is 13.1 Å². The van der Waals surface area contributed by atoms with Gasteiger partial charge in [-0.05, 0) is 36.4 Å². The predicted octanol–water partition coefficient (Wildman–Crippen LogP) is 1.67. The molecule has 3 amide bonds. The highest BCUT2D eigenvalue weighted by molar-refractivity contribution is 7.91. The summed E-state index contributed by atoms with van der Waals surface area (Å²) in [5.74, 6) is -1.96. The van der Waals surface area contributed by atoms with Crippen LogP contribution in [0, 0.1) is 5.92 Å². The van der Waals surface area contributed by atoms with E-state index in [0.717, 1.165) is 11.3 Å². The summed E-state index contributed by atoms with van der Waals surface area (Å²) in [5.41, 5.74) is 0.608. The molecule has 1 atom stereocenters. The molecule has 2 N–H and O–H groups in total. The molecule has 8 nitrogen and oxygen atoms in total. The molecule has 4 rings (SSSR count). The van der Waals surface area contributed by atoms with Crippen LogP contribution in [-0.2, 0) is 14.8 Å². The first-order valence-corrected chi connectivity index (χ1v) is 11.0. The highest BCUT2D eigenvalue weighted by atomic mass is 32.2. The fourth-order valence-electron chi connectivity index (χ4n) is 3.47. The maximum Gasteiger partial charge on any atom is 0.261 e. The quantitative estimate of drug-likeness (QED) is 0.732. The van der Waals surface area contributed by atoms with Gasteiger partial charge in [0.2, 0.25) is 5.91 Å². The molecular weight excluding hydrogens is 402 g/mol. The minimum atomic E-state index is -3.62. The van der Waals surface area contributed by atoms with Crippen LogP contribution in [0.1, 0.15) is 33.6 Å². The summed E-state index contributed by atoms with van der Waals surface area (Å²) >= 11 is 1.14. The molecule has 28 heavy (non-hydrogen) atoms. The summed E-state index contributed by atoms with van der Waals surface area (Å²) in [7, 11) is -3.62. The lowest BCUT2D eigenvalue weighted by atomic mass is 9.98. The standard InChI is InChI=1S/C18H17N3O5S2/c22-16(19-13-6-1-5-12-15(13)18(24)20-17(12)23)11-4-2-8-21(10-11)28(25,26)14-7-3-9-27-14/h1,3,5-7,9,11H,2,4,8,10H2,(H,19,22)(H,20,23,24). The molecule has 1 aromatic heterocycles. The van der Waals surface area contributed by atoms with Crippen molar-refractivity contribution in [3.05, 3.63) is 46.8 Å². The van der Waals surface area contributed by atoms with Gasteiger partial charge >= 0.3 is 0 Å². The summed E-state index contributed by atoms with van der Waals surface area (Å²) in [6.07, 6.45) is 1.11. The zero-order valence-electron chi connectivity index (χ0n) is 14.7. The number of benzene rings is 1. The average molecular weight is 419 g/mol. The Balaban J connectivity index is 1.52. The van der Waals surface area contributed by atoms with Crippen LogP contribution in [0.3, 0.4) is 0 Å². The molecule has 0 radical (unpaired) electrons. The Morgan fingerprint density at radius 1 is 1.18 bits per heavy atom. The lowest BCUT2D eigenvalue weighted by molar-refractivity contribution is -0.120. The van der Waals surface area contributed by atoms with Crippen LogP contribution < -0.4 is 10.6 Å². The number of nitrogens with one attached hydrogen (secondary N) is 2. The van der Waals surface area contributed by atoms with Crippen molar-refractivity contribution in [1.82, 2.24) is 9.62 Å². The molecule has 1 saturated heterocycles. The van der Waals surface area contributed by atoms with E-state index in [0.29, 0.717) is 19.4 Å². The number of amides is 3. The first kappa shape index (κ1) is 18.8. The molecule has 3 heterocycles. The molecule has 2 aliphatic rings. The highest BCUT2D eigenvalue weighted by Crippen LogP contribution is 2.29. The second-order valence-electron chi connectivity index (χ2n) is 6.63. The van der Waals surface area contributed by atoms with E-state index in [1.165, 1.54) is 10.4 Å². The van der Waals surface area contributed by atoms with Crippen molar-refractivity contribution in [2.75, 3.05) is 18.4 Å². The van der Waals surface area contributed by atoms with E-state index in [9.17, 15) is 22.8 Å². The van der Waals surface area contributed by atoms with E-state index in [2.05, 4.69) is 10.6 Å². The molecule has 1 fully saturated rings. The maximum absolute atomic E-state index is 12.8. The zero-order valence-corrected chi connectivity index (χ0v) is 16.3. The number of piperidine rings is 1. The Labute approximate surface area is 165 Å². The van der Waals surface area contributed by atoms with E-state index < -0.39 is 27.8 Å². The smallest absolute Gasteiger partial charge is 0.261 e. The number of carbonyl (C=O) groups is 3. The Hall–Kier alpha value is -2.56. The van der Waals surface area contributed by atoms with Crippen molar-refractivity contribution < 1.29 is 22.8 Å². The molecule has 0 aliphatic carbocycles. The lowest BCUT2D eigenvalue weighted by Crippen LogP contribution is -2.43. The van der Waals surface area contributed by atoms with E-state index >= 15 is 0 Å². The van der Waals surface area contributed by atoms with Crippen molar-refractivity contribution in [2.45, 2.75) is 17.1 Å². The van der Waals surface area contributed by atoms with Crippen molar-refractivity contribution in [2.24, 2.45) is 5.92 Å². The molecular formula is C18H17N3O5S2. The van der Waals surface area contributed by atoms with Gasteiger partial charge in [-0.3, -0.25) is 19.7 Å². The van der Waals surface area contributed by atoms with Gasteiger partial charge in [0.15, 0.2) is 0 Å². The van der Waals surface area contributed by atoms with Gasteiger partial charge < -0.3 is 5.32 Å². The van der Waals surface area contributed by atoms with E-state index in [1.54, 1.807) is 29.6 Å². The van der Waals surface area contributed by atoms with Crippen molar-refractivity contribution in [1.29, 1.82) is 0 Å². The number of fused-ring (bicyclic) bond motifs is 1. The summed E-state index contributed by atoms with van der Waals surface area (Å²) in [6, 6.07) is 7.88. The largest absolute Gasteiger partial charge is 0.325 e. The summed E-state index contributed by atoms with van der Waals surface area (Å²) in [5, 5.41) is 6.60. The molecule has 1 aromatic carbocycles. The van der Waals surface area contributed by atoms with Gasteiger partial charge in [-0.2, -0.15) is 4.31 Å². The first-order chi connectivity index (χ1) is 13.4. The Morgan fingerprint density at radius 3 is 2.75 bits per heavy atom. The van der Waals surface area contributed by atoms with Crippen LogP contribution in [-0.4, -0.2) is 43.5 Å². The maximum atomic E-state index is 12.8. The molecule has 0 spiro atoms. The second-order valence-corrected chi connectivity index (χ2v) is 9.75. The normalized spacial score (nSPS) is 19.9. The molecule has 2 aromatic rings. The van der Waals surface area contributed by atoms with Crippen molar-refractivity contribution in [3.63, 3.8) is 0 Å². The number of imide groups is 1. The third-order valence-electron chi connectivity index (χ3n) is 4.87. The average Bonchev–Trinajstić information content (AvgIpc) is 3.32. The fraction of sp³-hybridized carbons (Fsp3) is 0.278. The minimum Gasteiger partial charge on any atom is -0.325 e. The first-order valence-electron chi connectivity index (χ1n) is 8.71. The van der Waals surface area contributed by atoms with Gasteiger partial charge in [0.1, 0.15) is 4.21 Å². The van der Waals surface area contributed by atoms with Crippen LogP contribution in [0.25, 0.3) is 0 Å². The Kier molecular flexibility index (Phi) is 4.77. The number of carbonyl (C=O) groups excluding carboxylic acids is 3. The summed E-state index contributed by atoms with van der Waals surface area (Å²) in [6.45, 7) is 0.438. The van der Waals surface area contributed by atoms with E-state index in [-0.39, 0.29) is 33.5 Å².